The number of amidine groups is 1. The molecule has 0 bridgehead atoms. The van der Waals surface area contributed by atoms with Crippen LogP contribution in [-0.2, 0) is 34.8 Å². The van der Waals surface area contributed by atoms with Gasteiger partial charge < -0.3 is 46.2 Å². The predicted molar refractivity (Wildman–Crippen MR) is 367 cm³/mol. The minimum absolute atomic E-state index is 0.0446. The van der Waals surface area contributed by atoms with E-state index in [2.05, 4.69) is 76.0 Å². The number of hydrogen-bond donors (Lipinski definition) is 9. The van der Waals surface area contributed by atoms with Gasteiger partial charge in [-0.1, -0.05) is 18.2 Å². The highest BCUT2D eigenvalue weighted by molar-refractivity contribution is 7.91. The van der Waals surface area contributed by atoms with Gasteiger partial charge in [-0.15, -0.1) is 56.7 Å². The maximum atomic E-state index is 13.1. The van der Waals surface area contributed by atoms with E-state index in [1.807, 2.05) is 11.4 Å². The zero-order chi connectivity index (χ0) is 71.8. The molecular formula is C62H56F2N14O15S6. The number of alkyl halides is 2. The van der Waals surface area contributed by atoms with Gasteiger partial charge in [0.2, 0.25) is 15.7 Å². The van der Waals surface area contributed by atoms with Crippen LogP contribution in [0.15, 0.2) is 164 Å². The lowest BCUT2D eigenvalue weighted by molar-refractivity contribution is -0.114. The van der Waals surface area contributed by atoms with Gasteiger partial charge in [-0.2, -0.15) is 8.78 Å². The van der Waals surface area contributed by atoms with E-state index in [9.17, 15) is 65.1 Å². The standard InChI is InChI=1S/C18H16N4O3S2.C16H15F2N3O4S.C16H14N4O4S.C12H11N3O4S2/c1-12(23)21-16-11-13(7-9-20-16)17(19)22-18-15(8-10-26-18)27(24,25)14-5-3-2-4-6-14;1-3-25-15(24)21-13(23)10-6-7-26-14(10)20-12(22)9-4-5-11(19-8-9)16(2,17)18;1-2-24-16(23)20-14(22)11-4-6-25-15(11)19-13(21)10-7-9-3-5-17-12(9)18-8-10;1-2-19-12(18)15-9(16)7-3-4-20-11(7)14-10(17)8-5-13-6-21-8/h2-11H,1H3,(H2,19,22)(H,20,21,23);4-8H,3H2,1-2H3,(H,20,22)(H,21,23,24);3-8H,2H2,1H3,(H,17,18)(H,19,21)(H,20,22,23);3-6H,2H2,1H3,(H,14,17)(H,15,16,18). The van der Waals surface area contributed by atoms with Gasteiger partial charge in [-0.05, 0) is 115 Å². The van der Waals surface area contributed by atoms with Crippen LogP contribution in [0.4, 0.5) is 49.0 Å². The number of ether oxygens (including phenoxy) is 3. The summed E-state index contributed by atoms with van der Waals surface area (Å²) in [5, 5.41) is 25.0. The molecule has 37 heteroatoms. The van der Waals surface area contributed by atoms with Gasteiger partial charge in [0.15, 0.2) is 0 Å². The first kappa shape index (κ1) is 75.0. The maximum Gasteiger partial charge on any atom is 0.414 e. The third kappa shape index (κ3) is 21.6. The molecule has 0 saturated heterocycles. The van der Waals surface area contributed by atoms with Crippen molar-refractivity contribution in [2.75, 3.05) is 41.1 Å². The molecule has 514 valence electrons. The Morgan fingerprint density at radius 3 is 1.60 bits per heavy atom. The Bertz CT molecular complexity index is 4690. The third-order valence-electron chi connectivity index (χ3n) is 12.2. The number of thiazole rings is 1. The summed E-state index contributed by atoms with van der Waals surface area (Å²) in [6, 6.07) is 23.1. The summed E-state index contributed by atoms with van der Waals surface area (Å²) in [7, 11) is -3.70. The Morgan fingerprint density at radius 2 is 1.10 bits per heavy atom. The summed E-state index contributed by atoms with van der Waals surface area (Å²) >= 11 is 5.79. The number of carbonyl (C=O) groups is 10. The number of sulfone groups is 1. The molecule has 0 aliphatic rings. The predicted octanol–water partition coefficient (Wildman–Crippen LogP) is 11.5. The third-order valence-corrected chi connectivity index (χ3v) is 18.2. The maximum absolute atomic E-state index is 13.1. The van der Waals surface area contributed by atoms with Gasteiger partial charge >= 0.3 is 18.3 Å². The van der Waals surface area contributed by atoms with Crippen molar-refractivity contribution >= 4 is 169 Å². The number of nitrogens with one attached hydrogen (secondary N) is 8. The van der Waals surface area contributed by atoms with Gasteiger partial charge in [0.05, 0.1) is 64.2 Å². The van der Waals surface area contributed by atoms with Crippen LogP contribution < -0.4 is 43.0 Å². The number of imide groups is 3. The first-order valence-corrected chi connectivity index (χ1v) is 34.4. The molecule has 1 aromatic carbocycles. The van der Waals surface area contributed by atoms with Crippen LogP contribution in [0.1, 0.15) is 107 Å². The zero-order valence-corrected chi connectivity index (χ0v) is 57.1. The van der Waals surface area contributed by atoms with Crippen molar-refractivity contribution in [2.24, 2.45) is 10.7 Å². The van der Waals surface area contributed by atoms with Crippen LogP contribution in [0.3, 0.4) is 0 Å². The minimum Gasteiger partial charge on any atom is -0.450 e. The summed E-state index contributed by atoms with van der Waals surface area (Å²) in [6.45, 7) is 7.36. The van der Waals surface area contributed by atoms with Crippen LogP contribution >= 0.6 is 56.7 Å². The normalized spacial score (nSPS) is 10.9. The van der Waals surface area contributed by atoms with E-state index < -0.39 is 69.3 Å². The highest BCUT2D eigenvalue weighted by Crippen LogP contribution is 2.35. The van der Waals surface area contributed by atoms with Crippen LogP contribution in [0.2, 0.25) is 0 Å². The highest BCUT2D eigenvalue weighted by Gasteiger charge is 2.28. The van der Waals surface area contributed by atoms with Crippen molar-refractivity contribution in [1.29, 1.82) is 0 Å². The number of halogens is 2. The van der Waals surface area contributed by atoms with Crippen LogP contribution in [-0.4, -0.2) is 119 Å². The quantitative estimate of drug-likeness (QED) is 0.0219. The number of aromatic nitrogens is 5. The van der Waals surface area contributed by atoms with E-state index in [4.69, 9.17) is 5.73 Å². The van der Waals surface area contributed by atoms with Crippen LogP contribution in [0, 0.1) is 0 Å². The molecule has 9 heterocycles. The Morgan fingerprint density at radius 1 is 0.576 bits per heavy atom. The van der Waals surface area contributed by atoms with Gasteiger partial charge in [0.1, 0.15) is 52.8 Å². The molecule has 10 amide bonds. The van der Waals surface area contributed by atoms with Crippen molar-refractivity contribution in [2.45, 2.75) is 50.3 Å². The molecule has 0 fully saturated rings. The summed E-state index contributed by atoms with van der Waals surface area (Å²) in [4.78, 5) is 141. The van der Waals surface area contributed by atoms with Crippen molar-refractivity contribution in [1.82, 2.24) is 40.9 Å². The average Bonchev–Trinajstić information content (AvgIpc) is 1.80. The Hall–Kier alpha value is -11.4. The number of nitrogens with zero attached hydrogens (tertiary/aromatic N) is 5. The first-order valence-electron chi connectivity index (χ1n) is 28.5. The second-order valence-electron chi connectivity index (χ2n) is 19.2. The number of alkyl carbamates (subject to hydrolysis) is 3. The number of aromatic amines is 1. The lowest BCUT2D eigenvalue weighted by Crippen LogP contribution is -2.31. The van der Waals surface area contributed by atoms with Crippen LogP contribution in [0.5, 0.6) is 0 Å². The Balaban J connectivity index is 0.000000186. The summed E-state index contributed by atoms with van der Waals surface area (Å²) in [5.41, 5.74) is 9.20. The average molecular weight is 1470 g/mol. The lowest BCUT2D eigenvalue weighted by atomic mass is 10.2. The van der Waals surface area contributed by atoms with Gasteiger partial charge in [-0.25, -0.2) is 37.8 Å². The van der Waals surface area contributed by atoms with Crippen molar-refractivity contribution in [3.05, 3.63) is 193 Å². The number of fused-ring (bicyclic) bond motifs is 1. The van der Waals surface area contributed by atoms with E-state index in [-0.39, 0.29) is 79.5 Å². The molecule has 10 N–H and O–H groups in total. The molecule has 0 aliphatic carbocycles. The topological polar surface area (TPSA) is 422 Å². The van der Waals surface area contributed by atoms with Gasteiger partial charge in [0, 0.05) is 49.6 Å². The molecule has 0 radical (unpaired) electrons. The number of carbonyl (C=O) groups excluding carboxylic acids is 10. The second-order valence-corrected chi connectivity index (χ2v) is 25.7. The monoisotopic (exact) mass is 1470 g/mol. The number of aliphatic imine (C=N–C) groups is 1. The molecular weight excluding hydrogens is 1410 g/mol. The largest absolute Gasteiger partial charge is 0.450 e. The van der Waals surface area contributed by atoms with Gasteiger partial charge in [0.25, 0.3) is 41.4 Å². The fourth-order valence-corrected chi connectivity index (χ4v) is 13.1. The zero-order valence-electron chi connectivity index (χ0n) is 52.2. The highest BCUT2D eigenvalue weighted by atomic mass is 32.2. The molecule has 10 rings (SSSR count). The van der Waals surface area contributed by atoms with Gasteiger partial charge in [-0.3, -0.25) is 59.5 Å². The minimum atomic E-state index is -3.70. The number of thiophene rings is 4. The van der Waals surface area contributed by atoms with Crippen LogP contribution in [0.25, 0.3) is 11.0 Å². The fraction of sp³-hybridized carbons (Fsp3) is 0.145. The summed E-state index contributed by atoms with van der Waals surface area (Å²) < 4.78 is 65.9. The van der Waals surface area contributed by atoms with E-state index in [1.165, 1.54) is 119 Å². The molecule has 0 unspecified atom stereocenters. The fourth-order valence-electron chi connectivity index (χ4n) is 7.75. The van der Waals surface area contributed by atoms with E-state index in [0.717, 1.165) is 29.0 Å². The SMILES string of the molecule is CC(=O)Nc1cc(C(N)=Nc2sccc2S(=O)(=O)c2ccccc2)ccn1.CCOC(=O)NC(=O)c1ccsc1NC(=O)c1ccc(C(C)(F)F)nc1.CCOC(=O)NC(=O)c1ccsc1NC(=O)c1cnc2[nH]ccc2c1.CCOC(=O)NC(=O)c1ccsc1NC(=O)c1cncs1. The number of nitrogens with two attached hydrogens (primary N) is 1. The Labute approximate surface area is 580 Å². The molecule has 9 aromatic heterocycles. The number of benzene rings is 1. The number of pyridine rings is 3. The molecule has 29 nitrogen and oxygen atoms in total. The van der Waals surface area contributed by atoms with E-state index in [0.29, 0.717) is 44.4 Å². The lowest BCUT2D eigenvalue weighted by Gasteiger charge is -2.10. The number of amides is 10. The number of anilines is 4. The number of H-pyrrole nitrogens is 1. The van der Waals surface area contributed by atoms with Crippen molar-refractivity contribution in [3.63, 3.8) is 0 Å². The van der Waals surface area contributed by atoms with Crippen molar-refractivity contribution < 1.29 is 79.4 Å². The summed E-state index contributed by atoms with van der Waals surface area (Å²) in [6.07, 6.45) is 4.56. The van der Waals surface area contributed by atoms with Crippen molar-refractivity contribution in [3.8, 4) is 0 Å². The molecule has 0 aliphatic heterocycles. The number of hydrogen-bond acceptors (Lipinski definition) is 25. The van der Waals surface area contributed by atoms with E-state index >= 15 is 0 Å². The van der Waals surface area contributed by atoms with E-state index in [1.54, 1.807) is 84.9 Å². The number of rotatable bonds is 18. The molecule has 0 atom stereocenters. The summed E-state index contributed by atoms with van der Waals surface area (Å²) in [5.74, 6) is -6.31. The second kappa shape index (κ2) is 35.6. The molecule has 0 spiro atoms. The smallest absolute Gasteiger partial charge is 0.414 e. The molecule has 99 heavy (non-hydrogen) atoms. The Kier molecular flexibility index (Phi) is 26.9. The first-order chi connectivity index (χ1) is 47.3. The molecule has 0 saturated carbocycles. The molecule has 10 aromatic rings.